The second-order valence-corrected chi connectivity index (χ2v) is 8.84. The number of aromatic nitrogens is 2. The zero-order valence-corrected chi connectivity index (χ0v) is 16.8. The second-order valence-electron chi connectivity index (χ2n) is 6.93. The van der Waals surface area contributed by atoms with E-state index in [9.17, 15) is 13.2 Å². The number of rotatable bonds is 7. The molecule has 1 heterocycles. The molecule has 10 heteroatoms. The van der Waals surface area contributed by atoms with E-state index in [0.29, 0.717) is 25.8 Å². The van der Waals surface area contributed by atoms with Crippen LogP contribution in [-0.4, -0.2) is 62.2 Å². The van der Waals surface area contributed by atoms with Crippen LogP contribution in [0.3, 0.4) is 0 Å². The third-order valence-corrected chi connectivity index (χ3v) is 6.53. The van der Waals surface area contributed by atoms with Crippen molar-refractivity contribution in [3.05, 3.63) is 17.0 Å². The van der Waals surface area contributed by atoms with Gasteiger partial charge in [-0.1, -0.05) is 0 Å². The first-order chi connectivity index (χ1) is 12.2. The maximum absolute atomic E-state index is 12.5. The Morgan fingerprint density at radius 2 is 2.04 bits per heavy atom. The SMILES string of the molecule is CO[C@H]1C[C@@H](C(=O)NCc2c(C)n[nH]c2C)CC[C@@H]1NS(=O)(=O)N(C)C. The monoisotopic (exact) mass is 387 g/mol. The number of nitrogens with zero attached hydrogens (tertiary/aromatic N) is 2. The second kappa shape index (κ2) is 8.47. The number of carbonyl (C=O) groups excluding carboxylic acids is 1. The van der Waals surface area contributed by atoms with Crippen molar-refractivity contribution in [2.24, 2.45) is 5.92 Å². The van der Waals surface area contributed by atoms with Gasteiger partial charge in [0.15, 0.2) is 0 Å². The van der Waals surface area contributed by atoms with Gasteiger partial charge in [-0.2, -0.15) is 22.5 Å². The van der Waals surface area contributed by atoms with Crippen molar-refractivity contribution in [1.82, 2.24) is 24.5 Å². The highest BCUT2D eigenvalue weighted by atomic mass is 32.2. The van der Waals surface area contributed by atoms with Gasteiger partial charge >= 0.3 is 0 Å². The van der Waals surface area contributed by atoms with Crippen LogP contribution in [0.1, 0.15) is 36.2 Å². The van der Waals surface area contributed by atoms with Crippen LogP contribution in [0.15, 0.2) is 0 Å². The molecule has 1 fully saturated rings. The highest BCUT2D eigenvalue weighted by Gasteiger charge is 2.36. The average molecular weight is 388 g/mol. The topological polar surface area (TPSA) is 116 Å². The Kier molecular flexibility index (Phi) is 6.78. The Hall–Kier alpha value is -1.49. The smallest absolute Gasteiger partial charge is 0.279 e. The van der Waals surface area contributed by atoms with Gasteiger partial charge in [-0.25, -0.2) is 0 Å². The van der Waals surface area contributed by atoms with Crippen molar-refractivity contribution in [1.29, 1.82) is 0 Å². The summed E-state index contributed by atoms with van der Waals surface area (Å²) < 4.78 is 33.3. The van der Waals surface area contributed by atoms with Crippen LogP contribution in [-0.2, 0) is 26.3 Å². The predicted octanol–water partition coefficient (Wildman–Crippen LogP) is 0.222. The van der Waals surface area contributed by atoms with Gasteiger partial charge < -0.3 is 10.1 Å². The summed E-state index contributed by atoms with van der Waals surface area (Å²) in [6.07, 6.45) is 1.29. The standard InChI is InChI=1S/C16H29N5O4S/c1-10-13(11(2)19-18-10)9-17-16(22)12-6-7-14(15(8-12)25-5)20-26(23,24)21(3)4/h12,14-15,20H,6-9H2,1-5H3,(H,17,22)(H,18,19)/t12-,14-,15-/m0/s1. The highest BCUT2D eigenvalue weighted by Crippen LogP contribution is 2.27. The minimum atomic E-state index is -3.54. The van der Waals surface area contributed by atoms with Gasteiger partial charge in [0.2, 0.25) is 5.91 Å². The Labute approximate surface area is 155 Å². The van der Waals surface area contributed by atoms with Crippen LogP contribution in [0.5, 0.6) is 0 Å². The quantitative estimate of drug-likeness (QED) is 0.619. The third kappa shape index (κ3) is 4.81. The highest BCUT2D eigenvalue weighted by molar-refractivity contribution is 7.87. The molecule has 0 aliphatic heterocycles. The molecule has 0 bridgehead atoms. The van der Waals surface area contributed by atoms with Gasteiger partial charge in [0.25, 0.3) is 10.2 Å². The van der Waals surface area contributed by atoms with Crippen molar-refractivity contribution in [3.63, 3.8) is 0 Å². The molecule has 0 unspecified atom stereocenters. The summed E-state index contributed by atoms with van der Waals surface area (Å²) in [4.78, 5) is 12.5. The van der Waals surface area contributed by atoms with Crippen molar-refractivity contribution in [2.45, 2.75) is 51.8 Å². The van der Waals surface area contributed by atoms with Crippen LogP contribution >= 0.6 is 0 Å². The summed E-state index contributed by atoms with van der Waals surface area (Å²) in [7, 11) is 0.957. The van der Waals surface area contributed by atoms with Gasteiger partial charge in [-0.3, -0.25) is 9.89 Å². The van der Waals surface area contributed by atoms with Gasteiger partial charge in [0.1, 0.15) is 0 Å². The van der Waals surface area contributed by atoms with Crippen molar-refractivity contribution < 1.29 is 17.9 Å². The Bertz CT molecular complexity index is 711. The van der Waals surface area contributed by atoms with Crippen LogP contribution in [0.2, 0.25) is 0 Å². The van der Waals surface area contributed by atoms with Crippen LogP contribution in [0, 0.1) is 19.8 Å². The van der Waals surface area contributed by atoms with E-state index in [1.807, 2.05) is 13.8 Å². The number of aryl methyl sites for hydroxylation is 2. The van der Waals surface area contributed by atoms with E-state index in [2.05, 4.69) is 20.2 Å². The van der Waals surface area contributed by atoms with E-state index >= 15 is 0 Å². The number of nitrogens with one attached hydrogen (secondary N) is 3. The largest absolute Gasteiger partial charge is 0.380 e. The molecule has 148 valence electrons. The molecular weight excluding hydrogens is 358 g/mol. The fourth-order valence-corrected chi connectivity index (χ4v) is 4.08. The minimum absolute atomic E-state index is 0.0408. The third-order valence-electron chi connectivity index (χ3n) is 4.97. The molecule has 1 aromatic rings. The van der Waals surface area contributed by atoms with Crippen LogP contribution < -0.4 is 10.0 Å². The van der Waals surface area contributed by atoms with E-state index in [0.717, 1.165) is 21.3 Å². The molecule has 0 spiro atoms. The Balaban J connectivity index is 1.94. The van der Waals surface area contributed by atoms with Crippen molar-refractivity contribution in [3.8, 4) is 0 Å². The van der Waals surface area contributed by atoms with E-state index in [1.54, 1.807) is 7.11 Å². The lowest BCUT2D eigenvalue weighted by molar-refractivity contribution is -0.128. The Morgan fingerprint density at radius 3 is 2.58 bits per heavy atom. The Morgan fingerprint density at radius 1 is 1.35 bits per heavy atom. The molecule has 3 N–H and O–H groups in total. The fourth-order valence-electron chi connectivity index (χ4n) is 3.21. The molecule has 3 atom stereocenters. The first-order valence-electron chi connectivity index (χ1n) is 8.66. The molecule has 9 nitrogen and oxygen atoms in total. The molecule has 0 radical (unpaired) electrons. The normalized spacial score (nSPS) is 24.0. The summed E-state index contributed by atoms with van der Waals surface area (Å²) in [6.45, 7) is 4.25. The number of carbonyl (C=O) groups is 1. The van der Waals surface area contributed by atoms with E-state index in [-0.39, 0.29) is 24.0 Å². The maximum Gasteiger partial charge on any atom is 0.279 e. The van der Waals surface area contributed by atoms with E-state index in [1.165, 1.54) is 14.1 Å². The summed E-state index contributed by atoms with van der Waals surface area (Å²) in [5, 5.41) is 9.99. The lowest BCUT2D eigenvalue weighted by Crippen LogP contribution is -2.52. The molecule has 0 saturated heterocycles. The molecule has 1 aliphatic rings. The molecule has 2 rings (SSSR count). The first kappa shape index (κ1) is 20.8. The number of hydrogen-bond acceptors (Lipinski definition) is 5. The van der Waals surface area contributed by atoms with E-state index in [4.69, 9.17) is 4.74 Å². The zero-order valence-electron chi connectivity index (χ0n) is 16.0. The lowest BCUT2D eigenvalue weighted by Gasteiger charge is -2.35. The van der Waals surface area contributed by atoms with E-state index < -0.39 is 10.2 Å². The molecule has 1 amide bonds. The van der Waals surface area contributed by atoms with Gasteiger partial charge in [-0.05, 0) is 33.1 Å². The average Bonchev–Trinajstić information content (AvgIpc) is 2.90. The summed E-state index contributed by atoms with van der Waals surface area (Å²) in [5.74, 6) is -0.242. The van der Waals surface area contributed by atoms with Gasteiger partial charge in [0.05, 0.1) is 11.8 Å². The number of hydrogen-bond donors (Lipinski definition) is 3. The van der Waals surface area contributed by atoms with Gasteiger partial charge in [-0.15, -0.1) is 0 Å². The summed E-state index contributed by atoms with van der Waals surface area (Å²) in [6, 6.07) is -0.338. The van der Waals surface area contributed by atoms with Crippen LogP contribution in [0.25, 0.3) is 0 Å². The van der Waals surface area contributed by atoms with Crippen molar-refractivity contribution in [2.75, 3.05) is 21.2 Å². The van der Waals surface area contributed by atoms with Gasteiger partial charge in [0, 0.05) is 51.0 Å². The number of methoxy groups -OCH3 is 1. The fraction of sp³-hybridized carbons (Fsp3) is 0.750. The van der Waals surface area contributed by atoms with Crippen LogP contribution in [0.4, 0.5) is 0 Å². The molecular formula is C16H29N5O4S. The summed E-state index contributed by atoms with van der Waals surface area (Å²) >= 11 is 0. The number of amides is 1. The number of ether oxygens (including phenoxy) is 1. The number of aromatic amines is 1. The molecule has 1 aliphatic carbocycles. The maximum atomic E-state index is 12.5. The minimum Gasteiger partial charge on any atom is -0.380 e. The lowest BCUT2D eigenvalue weighted by atomic mass is 9.83. The number of H-pyrrole nitrogens is 1. The van der Waals surface area contributed by atoms with Crippen molar-refractivity contribution >= 4 is 16.1 Å². The molecule has 1 aromatic heterocycles. The molecule has 0 aromatic carbocycles. The zero-order chi connectivity index (χ0) is 19.5. The predicted molar refractivity (Wildman–Crippen MR) is 97.6 cm³/mol. The summed E-state index contributed by atoms with van der Waals surface area (Å²) in [5.41, 5.74) is 2.81. The molecule has 26 heavy (non-hydrogen) atoms. The first-order valence-corrected chi connectivity index (χ1v) is 10.1. The molecule has 1 saturated carbocycles.